The lowest BCUT2D eigenvalue weighted by atomic mass is 9.94. The third kappa shape index (κ3) is 9.01. The summed E-state index contributed by atoms with van der Waals surface area (Å²) in [6, 6.07) is 23.4. The molecule has 0 aromatic heterocycles. The molecule has 3 aromatic rings. The molecule has 2 amide bonds. The fourth-order valence-electron chi connectivity index (χ4n) is 6.85. The Morgan fingerprint density at radius 1 is 0.532 bits per heavy atom. The number of carbonyl (C=O) groups excluding carboxylic acids is 2. The van der Waals surface area contributed by atoms with Crippen molar-refractivity contribution in [3.63, 3.8) is 0 Å². The molecular weight excluding hydrogens is 608 g/mol. The van der Waals surface area contributed by atoms with Crippen LogP contribution in [0.5, 0.6) is 0 Å². The lowest BCUT2D eigenvalue weighted by Crippen LogP contribution is -2.38. The first-order valence-corrected chi connectivity index (χ1v) is 16.7. The van der Waals surface area contributed by atoms with Crippen LogP contribution in [0.15, 0.2) is 82.8 Å². The minimum absolute atomic E-state index is 0. The van der Waals surface area contributed by atoms with Gasteiger partial charge in [0.2, 0.25) is 0 Å². The van der Waals surface area contributed by atoms with Gasteiger partial charge >= 0.3 is 0 Å². The molecule has 0 unspecified atom stereocenters. The predicted molar refractivity (Wildman–Crippen MR) is 197 cm³/mol. The van der Waals surface area contributed by atoms with Crippen LogP contribution in [0.2, 0.25) is 0 Å². The van der Waals surface area contributed by atoms with Crippen molar-refractivity contribution in [2.24, 2.45) is 9.98 Å². The maximum atomic E-state index is 13.0. The molecule has 2 aliphatic carbocycles. The van der Waals surface area contributed by atoms with E-state index in [0.29, 0.717) is 34.6 Å². The van der Waals surface area contributed by atoms with Gasteiger partial charge < -0.3 is 20.4 Å². The Morgan fingerprint density at radius 3 is 1.13 bits per heavy atom. The van der Waals surface area contributed by atoms with Gasteiger partial charge in [-0.15, -0.1) is 12.4 Å². The lowest BCUT2D eigenvalue weighted by molar-refractivity contribution is 0.101. The van der Waals surface area contributed by atoms with E-state index in [4.69, 9.17) is 0 Å². The molecule has 3 aromatic carbocycles. The number of rotatable bonds is 8. The number of benzene rings is 3. The molecule has 47 heavy (non-hydrogen) atoms. The minimum atomic E-state index is -0.231. The predicted octanol–water partition coefficient (Wildman–Crippen LogP) is 7.89. The van der Waals surface area contributed by atoms with Crippen molar-refractivity contribution >= 4 is 47.3 Å². The molecule has 2 saturated carbocycles. The molecular formula is C38H49ClN6O2. The zero-order valence-electron chi connectivity index (χ0n) is 28.2. The van der Waals surface area contributed by atoms with Crippen LogP contribution in [-0.4, -0.2) is 73.6 Å². The van der Waals surface area contributed by atoms with Crippen LogP contribution in [0.3, 0.4) is 0 Å². The zero-order valence-corrected chi connectivity index (χ0v) is 29.0. The smallest absolute Gasteiger partial charge is 0.255 e. The van der Waals surface area contributed by atoms with Crippen molar-refractivity contribution < 1.29 is 9.59 Å². The monoisotopic (exact) mass is 656 g/mol. The standard InChI is InChI=1S/C38H48N6O2.ClH/c1-39-35(43(3)33-11-7-5-8-12-33)27-19-23-31(24-20-27)41-37(45)29-15-17-30(18-16-29)38(46)42-32-25-21-28(22-26-32)36(40-2)44(4)34-13-9-6-10-14-34;/h15-26,33-34H,5-14H2,1-4H3,(H,41,45)(H,42,46);1H. The largest absolute Gasteiger partial charge is 0.357 e. The topological polar surface area (TPSA) is 89.4 Å². The van der Waals surface area contributed by atoms with E-state index in [9.17, 15) is 9.59 Å². The van der Waals surface area contributed by atoms with E-state index in [1.54, 1.807) is 24.3 Å². The molecule has 0 heterocycles. The molecule has 0 radical (unpaired) electrons. The van der Waals surface area contributed by atoms with Crippen LogP contribution >= 0.6 is 12.4 Å². The SMILES string of the molecule is CN=C(c1ccc(NC(=O)c2ccc(C(=O)Nc3ccc(C(=NC)N(C)C4CCCCC4)cc3)cc2)cc1)N(C)C1CCCCC1.Cl. The Kier molecular flexibility index (Phi) is 13.0. The summed E-state index contributed by atoms with van der Waals surface area (Å²) in [7, 11) is 7.92. The fourth-order valence-corrected chi connectivity index (χ4v) is 6.85. The molecule has 0 aliphatic heterocycles. The molecule has 0 saturated heterocycles. The van der Waals surface area contributed by atoms with Crippen LogP contribution in [0, 0.1) is 0 Å². The third-order valence-electron chi connectivity index (χ3n) is 9.55. The van der Waals surface area contributed by atoms with Crippen molar-refractivity contribution in [2.75, 3.05) is 38.8 Å². The molecule has 9 heteroatoms. The first-order chi connectivity index (χ1) is 22.4. The molecule has 250 valence electrons. The van der Waals surface area contributed by atoms with Crippen molar-refractivity contribution in [2.45, 2.75) is 76.3 Å². The maximum Gasteiger partial charge on any atom is 0.255 e. The fraction of sp³-hybridized carbons (Fsp3) is 0.421. The maximum absolute atomic E-state index is 13.0. The summed E-state index contributed by atoms with van der Waals surface area (Å²) >= 11 is 0. The first-order valence-electron chi connectivity index (χ1n) is 16.7. The summed E-state index contributed by atoms with van der Waals surface area (Å²) in [5.41, 5.74) is 4.43. The van der Waals surface area contributed by atoms with Gasteiger partial charge in [-0.1, -0.05) is 38.5 Å². The van der Waals surface area contributed by atoms with Crippen molar-refractivity contribution in [1.82, 2.24) is 9.80 Å². The van der Waals surface area contributed by atoms with Gasteiger partial charge in [0.05, 0.1) is 0 Å². The molecule has 2 aliphatic rings. The highest BCUT2D eigenvalue weighted by atomic mass is 35.5. The van der Waals surface area contributed by atoms with Gasteiger partial charge in [0.15, 0.2) is 0 Å². The van der Waals surface area contributed by atoms with E-state index in [2.05, 4.69) is 44.5 Å². The molecule has 2 N–H and O–H groups in total. The Balaban J connectivity index is 0.00000500. The summed E-state index contributed by atoms with van der Waals surface area (Å²) in [6.45, 7) is 0. The second-order valence-corrected chi connectivity index (χ2v) is 12.5. The normalized spacial score (nSPS) is 16.2. The van der Waals surface area contributed by atoms with Gasteiger partial charge in [0.1, 0.15) is 11.7 Å². The highest BCUT2D eigenvalue weighted by Crippen LogP contribution is 2.25. The van der Waals surface area contributed by atoms with Crippen molar-refractivity contribution in [1.29, 1.82) is 0 Å². The number of anilines is 2. The summed E-state index contributed by atoms with van der Waals surface area (Å²) in [4.78, 5) is 39.7. The van der Waals surface area contributed by atoms with Gasteiger partial charge in [0, 0.05) is 73.9 Å². The van der Waals surface area contributed by atoms with Gasteiger partial charge in [0.25, 0.3) is 11.8 Å². The number of nitrogens with zero attached hydrogens (tertiary/aromatic N) is 4. The third-order valence-corrected chi connectivity index (χ3v) is 9.55. The molecule has 0 bridgehead atoms. The number of amides is 2. The molecule has 2 fully saturated rings. The zero-order chi connectivity index (χ0) is 32.5. The number of hydrogen-bond donors (Lipinski definition) is 2. The Hall–Kier alpha value is -4.17. The van der Waals surface area contributed by atoms with Gasteiger partial charge in [-0.2, -0.15) is 0 Å². The Morgan fingerprint density at radius 2 is 0.830 bits per heavy atom. The highest BCUT2D eigenvalue weighted by Gasteiger charge is 2.23. The van der Waals surface area contributed by atoms with E-state index >= 15 is 0 Å². The number of hydrogen-bond acceptors (Lipinski definition) is 4. The van der Waals surface area contributed by atoms with Crippen molar-refractivity contribution in [3.05, 3.63) is 95.1 Å². The average Bonchev–Trinajstić information content (AvgIpc) is 3.11. The molecule has 0 spiro atoms. The second kappa shape index (κ2) is 17.1. The van der Waals surface area contributed by atoms with Crippen LogP contribution in [0.4, 0.5) is 11.4 Å². The van der Waals surface area contributed by atoms with Crippen LogP contribution in [0.25, 0.3) is 0 Å². The second-order valence-electron chi connectivity index (χ2n) is 12.5. The van der Waals surface area contributed by atoms with Gasteiger partial charge in [-0.3, -0.25) is 19.6 Å². The first kappa shape index (κ1) is 35.7. The number of halogens is 1. The van der Waals surface area contributed by atoms with Crippen LogP contribution in [-0.2, 0) is 0 Å². The number of carbonyl (C=O) groups is 2. The van der Waals surface area contributed by atoms with Crippen LogP contribution in [0.1, 0.15) is 96.1 Å². The number of nitrogens with one attached hydrogen (secondary N) is 2. The average molecular weight is 657 g/mol. The quantitative estimate of drug-likeness (QED) is 0.191. The molecule has 0 atom stereocenters. The Bertz CT molecular complexity index is 1410. The van der Waals surface area contributed by atoms with Crippen LogP contribution < -0.4 is 10.6 Å². The Labute approximate surface area is 286 Å². The summed E-state index contributed by atoms with van der Waals surface area (Å²) in [5.74, 6) is 1.48. The highest BCUT2D eigenvalue weighted by molar-refractivity contribution is 6.08. The van der Waals surface area contributed by atoms with Crippen molar-refractivity contribution in [3.8, 4) is 0 Å². The summed E-state index contributed by atoms with van der Waals surface area (Å²) in [6.07, 6.45) is 12.5. The van der Waals surface area contributed by atoms with E-state index in [1.807, 2.05) is 62.6 Å². The van der Waals surface area contributed by atoms with Gasteiger partial charge in [-0.05, 0) is 98.5 Å². The molecule has 8 nitrogen and oxygen atoms in total. The minimum Gasteiger partial charge on any atom is -0.357 e. The van der Waals surface area contributed by atoms with Gasteiger partial charge in [-0.25, -0.2) is 0 Å². The lowest BCUT2D eigenvalue weighted by Gasteiger charge is -2.33. The van der Waals surface area contributed by atoms with E-state index in [-0.39, 0.29) is 24.2 Å². The number of amidine groups is 2. The van der Waals surface area contributed by atoms with E-state index < -0.39 is 0 Å². The summed E-state index contributed by atoms with van der Waals surface area (Å²) < 4.78 is 0. The summed E-state index contributed by atoms with van der Waals surface area (Å²) in [5, 5.41) is 5.93. The van der Waals surface area contributed by atoms with E-state index in [1.165, 1.54) is 64.2 Å². The van der Waals surface area contributed by atoms with E-state index in [0.717, 1.165) is 22.8 Å². The number of aliphatic imine (C=N–C) groups is 2. The molecule has 5 rings (SSSR count).